The van der Waals surface area contributed by atoms with Gasteiger partial charge in [-0.1, -0.05) is 17.7 Å². The lowest BCUT2D eigenvalue weighted by molar-refractivity contribution is 0.327. The molecule has 1 aliphatic rings. The fourth-order valence-corrected chi connectivity index (χ4v) is 3.02. The Morgan fingerprint density at radius 1 is 1.25 bits per heavy atom. The normalized spacial score (nSPS) is 25.1. The average Bonchev–Trinajstić information content (AvgIpc) is 2.15. The number of hydrogen-bond donors (Lipinski definition) is 2. The zero-order valence-corrected chi connectivity index (χ0v) is 10.00. The van der Waals surface area contributed by atoms with Gasteiger partial charge < -0.3 is 5.73 Å². The molecule has 0 spiro atoms. The molecule has 3 N–H and O–H groups in total. The number of benzene rings is 1. The van der Waals surface area contributed by atoms with E-state index >= 15 is 0 Å². The Balaban J connectivity index is 2.10. The van der Waals surface area contributed by atoms with E-state index in [1.807, 2.05) is 6.92 Å². The molecular formula is C11H16N2O2S. The molecular weight excluding hydrogens is 224 g/mol. The topological polar surface area (TPSA) is 72.2 Å². The highest BCUT2D eigenvalue weighted by molar-refractivity contribution is 7.89. The van der Waals surface area contributed by atoms with Crippen LogP contribution in [0.25, 0.3) is 0 Å². The first-order valence-corrected chi connectivity index (χ1v) is 6.80. The summed E-state index contributed by atoms with van der Waals surface area (Å²) in [5.41, 5.74) is 6.66. The van der Waals surface area contributed by atoms with Crippen LogP contribution in [0.5, 0.6) is 0 Å². The molecule has 1 saturated carbocycles. The van der Waals surface area contributed by atoms with Crippen LogP contribution in [0.4, 0.5) is 0 Å². The van der Waals surface area contributed by atoms with Gasteiger partial charge in [0, 0.05) is 12.1 Å². The zero-order valence-electron chi connectivity index (χ0n) is 9.18. The summed E-state index contributed by atoms with van der Waals surface area (Å²) in [5.74, 6) is 0. The average molecular weight is 240 g/mol. The van der Waals surface area contributed by atoms with Gasteiger partial charge in [0.2, 0.25) is 10.0 Å². The Hall–Kier alpha value is -0.910. The van der Waals surface area contributed by atoms with Crippen molar-refractivity contribution >= 4 is 10.0 Å². The van der Waals surface area contributed by atoms with Gasteiger partial charge in [0.15, 0.2) is 0 Å². The minimum Gasteiger partial charge on any atom is -0.328 e. The molecule has 4 nitrogen and oxygen atoms in total. The van der Waals surface area contributed by atoms with Gasteiger partial charge in [0.05, 0.1) is 4.90 Å². The van der Waals surface area contributed by atoms with Crippen molar-refractivity contribution in [3.8, 4) is 0 Å². The molecule has 1 aromatic carbocycles. The molecule has 16 heavy (non-hydrogen) atoms. The van der Waals surface area contributed by atoms with E-state index in [0.29, 0.717) is 4.90 Å². The molecule has 5 heteroatoms. The minimum atomic E-state index is -3.37. The maximum absolute atomic E-state index is 11.9. The molecule has 0 bridgehead atoms. The first-order valence-electron chi connectivity index (χ1n) is 5.32. The highest BCUT2D eigenvalue weighted by Crippen LogP contribution is 2.20. The van der Waals surface area contributed by atoms with Crippen molar-refractivity contribution in [3.05, 3.63) is 29.8 Å². The monoisotopic (exact) mass is 240 g/mol. The number of aryl methyl sites for hydroxylation is 1. The smallest absolute Gasteiger partial charge is 0.240 e. The zero-order chi connectivity index (χ0) is 11.8. The predicted octanol–water partition coefficient (Wildman–Crippen LogP) is 0.763. The fourth-order valence-electron chi connectivity index (χ4n) is 1.76. The van der Waals surface area contributed by atoms with Crippen LogP contribution in [0.15, 0.2) is 29.2 Å². The molecule has 0 atom stereocenters. The molecule has 88 valence electrons. The number of nitrogens with two attached hydrogens (primary N) is 1. The van der Waals surface area contributed by atoms with E-state index < -0.39 is 10.0 Å². The highest BCUT2D eigenvalue weighted by atomic mass is 32.2. The Morgan fingerprint density at radius 2 is 1.81 bits per heavy atom. The second kappa shape index (κ2) is 4.16. The molecule has 1 fully saturated rings. The van der Waals surface area contributed by atoms with E-state index in [9.17, 15) is 8.42 Å². The van der Waals surface area contributed by atoms with Crippen LogP contribution < -0.4 is 10.5 Å². The number of sulfonamides is 1. The first kappa shape index (κ1) is 11.6. The van der Waals surface area contributed by atoms with Crippen LogP contribution >= 0.6 is 0 Å². The van der Waals surface area contributed by atoms with E-state index in [1.165, 1.54) is 0 Å². The number of rotatable bonds is 3. The van der Waals surface area contributed by atoms with E-state index in [1.54, 1.807) is 24.3 Å². The largest absolute Gasteiger partial charge is 0.328 e. The Kier molecular flexibility index (Phi) is 3.01. The van der Waals surface area contributed by atoms with Crippen LogP contribution in [0.3, 0.4) is 0 Å². The molecule has 0 radical (unpaired) electrons. The lowest BCUT2D eigenvalue weighted by Gasteiger charge is -2.32. The third-order valence-corrected chi connectivity index (χ3v) is 4.36. The van der Waals surface area contributed by atoms with Crippen LogP contribution in [0.1, 0.15) is 18.4 Å². The maximum Gasteiger partial charge on any atom is 0.240 e. The standard InChI is InChI=1S/C11H16N2O2S/c1-8-2-4-11(5-3-8)16(14,15)13-10-6-9(12)7-10/h2-5,9-10,13H,6-7,12H2,1H3. The summed E-state index contributed by atoms with van der Waals surface area (Å²) in [4.78, 5) is 0.318. The molecule has 0 amide bonds. The van der Waals surface area contributed by atoms with Gasteiger partial charge in [-0.15, -0.1) is 0 Å². The van der Waals surface area contributed by atoms with E-state index in [-0.39, 0.29) is 12.1 Å². The Labute approximate surface area is 95.9 Å². The van der Waals surface area contributed by atoms with Crippen molar-refractivity contribution in [1.82, 2.24) is 4.72 Å². The third-order valence-electron chi connectivity index (χ3n) is 2.83. The summed E-state index contributed by atoms with van der Waals surface area (Å²) >= 11 is 0. The fraction of sp³-hybridized carbons (Fsp3) is 0.455. The summed E-state index contributed by atoms with van der Waals surface area (Å²) < 4.78 is 26.5. The first-order chi connectivity index (χ1) is 7.47. The molecule has 0 aromatic heterocycles. The second-order valence-corrected chi connectivity index (χ2v) is 6.08. The molecule has 1 aromatic rings. The van der Waals surface area contributed by atoms with Gasteiger partial charge in [-0.25, -0.2) is 13.1 Å². The highest BCUT2D eigenvalue weighted by Gasteiger charge is 2.30. The summed E-state index contributed by atoms with van der Waals surface area (Å²) in [6.07, 6.45) is 1.45. The van der Waals surface area contributed by atoms with Gasteiger partial charge in [-0.2, -0.15) is 0 Å². The van der Waals surface area contributed by atoms with Crippen molar-refractivity contribution in [2.24, 2.45) is 5.73 Å². The summed E-state index contributed by atoms with van der Waals surface area (Å²) in [6, 6.07) is 6.97. The quantitative estimate of drug-likeness (QED) is 0.819. The van der Waals surface area contributed by atoms with Gasteiger partial charge in [-0.05, 0) is 31.9 Å². The lowest BCUT2D eigenvalue weighted by Crippen LogP contribution is -2.50. The van der Waals surface area contributed by atoms with E-state index in [2.05, 4.69) is 4.72 Å². The molecule has 0 heterocycles. The van der Waals surface area contributed by atoms with Crippen molar-refractivity contribution in [1.29, 1.82) is 0 Å². The van der Waals surface area contributed by atoms with Gasteiger partial charge >= 0.3 is 0 Å². The minimum absolute atomic E-state index is 0.00121. The Bertz CT molecular complexity index is 461. The predicted molar refractivity (Wildman–Crippen MR) is 62.5 cm³/mol. The summed E-state index contributed by atoms with van der Waals surface area (Å²) in [6.45, 7) is 1.93. The van der Waals surface area contributed by atoms with Crippen molar-refractivity contribution in [3.63, 3.8) is 0 Å². The van der Waals surface area contributed by atoms with Crippen LogP contribution in [-0.2, 0) is 10.0 Å². The summed E-state index contributed by atoms with van der Waals surface area (Å²) in [5, 5.41) is 0. The third kappa shape index (κ3) is 2.42. The lowest BCUT2D eigenvalue weighted by atomic mass is 9.89. The SMILES string of the molecule is Cc1ccc(S(=O)(=O)NC2CC(N)C2)cc1. The van der Waals surface area contributed by atoms with Gasteiger partial charge in [0.25, 0.3) is 0 Å². The van der Waals surface area contributed by atoms with Crippen molar-refractivity contribution < 1.29 is 8.42 Å². The molecule has 0 aliphatic heterocycles. The molecule has 2 rings (SSSR count). The van der Waals surface area contributed by atoms with Crippen molar-refractivity contribution in [2.45, 2.75) is 36.7 Å². The van der Waals surface area contributed by atoms with Crippen LogP contribution in [0.2, 0.25) is 0 Å². The van der Waals surface area contributed by atoms with Crippen LogP contribution in [0, 0.1) is 6.92 Å². The van der Waals surface area contributed by atoms with Crippen LogP contribution in [-0.4, -0.2) is 20.5 Å². The maximum atomic E-state index is 11.9. The molecule has 0 saturated heterocycles. The van der Waals surface area contributed by atoms with E-state index in [0.717, 1.165) is 18.4 Å². The Morgan fingerprint density at radius 3 is 2.31 bits per heavy atom. The van der Waals surface area contributed by atoms with Gasteiger partial charge in [0.1, 0.15) is 0 Å². The van der Waals surface area contributed by atoms with Crippen molar-refractivity contribution in [2.75, 3.05) is 0 Å². The number of hydrogen-bond acceptors (Lipinski definition) is 3. The molecule has 0 unspecified atom stereocenters. The summed E-state index contributed by atoms with van der Waals surface area (Å²) in [7, 11) is -3.37. The number of nitrogens with one attached hydrogen (secondary N) is 1. The molecule has 1 aliphatic carbocycles. The van der Waals surface area contributed by atoms with Gasteiger partial charge in [-0.3, -0.25) is 0 Å². The van der Waals surface area contributed by atoms with E-state index in [4.69, 9.17) is 5.73 Å². The second-order valence-electron chi connectivity index (χ2n) is 4.36.